The highest BCUT2D eigenvalue weighted by Crippen LogP contribution is 2.44. The van der Waals surface area contributed by atoms with E-state index in [0.29, 0.717) is 69.2 Å². The van der Waals surface area contributed by atoms with Gasteiger partial charge in [0.1, 0.15) is 28.9 Å². The number of sulfonamides is 1. The number of aromatic amines is 1. The molecule has 3 saturated heterocycles. The van der Waals surface area contributed by atoms with Gasteiger partial charge in [-0.05, 0) is 140 Å². The maximum atomic E-state index is 14.2. The molecule has 448 valence electrons. The summed E-state index contributed by atoms with van der Waals surface area (Å²) < 4.78 is 42.4. The van der Waals surface area contributed by atoms with E-state index in [1.807, 2.05) is 24.3 Å². The highest BCUT2D eigenvalue weighted by Gasteiger charge is 2.39. The Labute approximate surface area is 504 Å². The zero-order chi connectivity index (χ0) is 60.1. The number of nitrogens with one attached hydrogen (secondary N) is 4. The lowest BCUT2D eigenvalue weighted by atomic mass is 9.72. The fourth-order valence-corrected chi connectivity index (χ4v) is 13.3. The Morgan fingerprint density at radius 2 is 1.76 bits per heavy atom. The van der Waals surface area contributed by atoms with E-state index in [1.54, 1.807) is 36.5 Å². The molecule has 6 heterocycles. The maximum Gasteiger partial charge on any atom is 0.293 e. The number of imide groups is 1. The number of nitro groups is 1. The number of anilines is 2. The van der Waals surface area contributed by atoms with E-state index in [2.05, 4.69) is 77.8 Å². The van der Waals surface area contributed by atoms with Crippen LogP contribution >= 0.6 is 11.6 Å². The first-order valence-electron chi connectivity index (χ1n) is 29.3. The van der Waals surface area contributed by atoms with E-state index < -0.39 is 43.4 Å². The van der Waals surface area contributed by atoms with Gasteiger partial charge in [-0.15, -0.1) is 0 Å². The number of ether oxygens (including phenoxy) is 2. The summed E-state index contributed by atoms with van der Waals surface area (Å²) in [6.07, 6.45) is 9.23. The normalized spacial score (nSPS) is 19.2. The number of pyridine rings is 1. The molecule has 2 unspecified atom stereocenters. The third kappa shape index (κ3) is 14.1. The molecule has 0 saturated carbocycles. The van der Waals surface area contributed by atoms with Crippen molar-refractivity contribution in [3.8, 4) is 23.3 Å². The fourth-order valence-electron chi connectivity index (χ4n) is 12.2. The number of H-pyrrole nitrogens is 1. The van der Waals surface area contributed by atoms with Crippen LogP contribution in [0.4, 0.5) is 17.1 Å². The monoisotopic (exact) mass is 1200 g/mol. The van der Waals surface area contributed by atoms with E-state index in [-0.39, 0.29) is 53.1 Å². The molecule has 5 aliphatic rings. The molecular weight excluding hydrogens is 1140 g/mol. The standard InChI is InChI=1S/C64H69ClN10O10S/c1-64(2)22-20-46(54(36-64)44-9-11-48(65)12-10-44)40-72-25-27-73(28-26-72)49-13-16-53(58(34-49)85-50-33-45-21-23-66-60(45)68-38-50)61(77)70-86(82,83)51-14-17-55(57(35-51)75(80)81)67-37-43-7-5-24-71(39-43)29-31-84-30-4-3-6-42-8-15-52-47(32-42)41-74(63(52)79)56-18-19-59(76)69-62(56)78/h8-17,21,23,32-35,38,43,56,67H,4-5,7,18-20,22,24-31,36-37,39-41H2,1-2H3,(H,66,68)(H,70,77)(H,69,76,78). The lowest BCUT2D eigenvalue weighted by Crippen LogP contribution is -2.52. The number of halogens is 1. The maximum absolute atomic E-state index is 14.2. The van der Waals surface area contributed by atoms with Gasteiger partial charge < -0.3 is 34.5 Å². The van der Waals surface area contributed by atoms with Crippen molar-refractivity contribution >= 4 is 78.9 Å². The number of amides is 4. The molecule has 0 radical (unpaired) electrons. The summed E-state index contributed by atoms with van der Waals surface area (Å²) in [5.41, 5.74) is 7.43. The summed E-state index contributed by atoms with van der Waals surface area (Å²) in [6.45, 7) is 12.4. The molecule has 4 N–H and O–H groups in total. The van der Waals surface area contributed by atoms with Crippen LogP contribution in [0.25, 0.3) is 16.6 Å². The van der Waals surface area contributed by atoms with E-state index in [0.717, 1.165) is 98.1 Å². The Hall–Kier alpha value is -8.13. The highest BCUT2D eigenvalue weighted by atomic mass is 35.5. The third-order valence-electron chi connectivity index (χ3n) is 16.9. The number of rotatable bonds is 19. The van der Waals surface area contributed by atoms with Crippen LogP contribution in [0.3, 0.4) is 0 Å². The minimum atomic E-state index is -4.64. The lowest BCUT2D eigenvalue weighted by molar-refractivity contribution is -0.384. The van der Waals surface area contributed by atoms with Gasteiger partial charge in [-0.3, -0.25) is 39.5 Å². The van der Waals surface area contributed by atoms with Crippen LogP contribution in [0.2, 0.25) is 5.02 Å². The predicted octanol–water partition coefficient (Wildman–Crippen LogP) is 9.16. The molecule has 86 heavy (non-hydrogen) atoms. The van der Waals surface area contributed by atoms with Crippen LogP contribution in [0.5, 0.6) is 11.5 Å². The largest absolute Gasteiger partial charge is 0.455 e. The van der Waals surface area contributed by atoms with Gasteiger partial charge in [0.15, 0.2) is 0 Å². The van der Waals surface area contributed by atoms with Gasteiger partial charge >= 0.3 is 0 Å². The first kappa shape index (κ1) is 59.6. The van der Waals surface area contributed by atoms with Gasteiger partial charge in [-0.2, -0.15) is 0 Å². The van der Waals surface area contributed by atoms with Crippen LogP contribution in [0.15, 0.2) is 114 Å². The third-order valence-corrected chi connectivity index (χ3v) is 18.5. The summed E-state index contributed by atoms with van der Waals surface area (Å²) >= 11 is 6.27. The summed E-state index contributed by atoms with van der Waals surface area (Å²) in [6, 6.07) is 25.1. The van der Waals surface area contributed by atoms with Crippen molar-refractivity contribution in [2.45, 2.75) is 82.7 Å². The first-order chi connectivity index (χ1) is 41.4. The van der Waals surface area contributed by atoms with E-state index in [4.69, 9.17) is 21.1 Å². The van der Waals surface area contributed by atoms with Crippen molar-refractivity contribution in [1.82, 2.24) is 34.7 Å². The van der Waals surface area contributed by atoms with Gasteiger partial charge in [0.05, 0.1) is 34.8 Å². The van der Waals surface area contributed by atoms with Gasteiger partial charge in [0.2, 0.25) is 11.8 Å². The number of benzene rings is 4. The Balaban J connectivity index is 0.679. The van der Waals surface area contributed by atoms with Gasteiger partial charge in [0.25, 0.3) is 27.5 Å². The molecule has 2 atom stereocenters. The zero-order valence-electron chi connectivity index (χ0n) is 48.2. The zero-order valence-corrected chi connectivity index (χ0v) is 49.7. The van der Waals surface area contributed by atoms with Gasteiger partial charge in [-0.25, -0.2) is 18.1 Å². The Kier molecular flexibility index (Phi) is 17.9. The molecule has 22 heteroatoms. The topological polar surface area (TPSA) is 242 Å². The number of carbonyl (C=O) groups excluding carboxylic acids is 4. The molecule has 2 aromatic heterocycles. The Morgan fingerprint density at radius 3 is 2.56 bits per heavy atom. The second-order valence-electron chi connectivity index (χ2n) is 23.6. The van der Waals surface area contributed by atoms with Crippen LogP contribution < -0.4 is 25.0 Å². The summed E-state index contributed by atoms with van der Waals surface area (Å²) in [5.74, 6) is 4.88. The second-order valence-corrected chi connectivity index (χ2v) is 25.7. The summed E-state index contributed by atoms with van der Waals surface area (Å²) in [5, 5.41) is 19.5. The minimum Gasteiger partial charge on any atom is -0.455 e. The summed E-state index contributed by atoms with van der Waals surface area (Å²) in [7, 11) is -4.64. The first-order valence-corrected chi connectivity index (χ1v) is 31.1. The number of piperidine rings is 2. The molecule has 3 fully saturated rings. The van der Waals surface area contributed by atoms with Crippen molar-refractivity contribution < 1.29 is 42.0 Å². The molecule has 4 aliphatic heterocycles. The molecule has 6 aromatic rings. The van der Waals surface area contributed by atoms with Crippen LogP contribution in [0.1, 0.15) is 103 Å². The molecule has 1 aliphatic carbocycles. The number of hydrogen-bond donors (Lipinski definition) is 4. The predicted molar refractivity (Wildman–Crippen MR) is 327 cm³/mol. The number of piperazine rings is 1. The fraction of sp³-hybridized carbons (Fsp3) is 0.391. The van der Waals surface area contributed by atoms with Gasteiger partial charge in [-0.1, -0.05) is 55.0 Å². The van der Waals surface area contributed by atoms with Crippen molar-refractivity contribution in [3.63, 3.8) is 0 Å². The Morgan fingerprint density at radius 1 is 0.930 bits per heavy atom. The molecule has 11 rings (SSSR count). The van der Waals surface area contributed by atoms with Crippen molar-refractivity contribution in [2.24, 2.45) is 11.3 Å². The average molecular weight is 1210 g/mol. The lowest BCUT2D eigenvalue weighted by Gasteiger charge is -2.39. The number of hydrogen-bond acceptors (Lipinski definition) is 15. The number of nitro benzene ring substituents is 1. The molecule has 0 bridgehead atoms. The van der Waals surface area contributed by atoms with E-state index in [9.17, 15) is 37.7 Å². The van der Waals surface area contributed by atoms with Crippen molar-refractivity contribution in [3.05, 3.63) is 152 Å². The molecule has 4 aromatic carbocycles. The van der Waals surface area contributed by atoms with Crippen molar-refractivity contribution in [2.75, 3.05) is 82.3 Å². The number of fused-ring (bicyclic) bond motifs is 2. The smallest absolute Gasteiger partial charge is 0.293 e. The molecule has 4 amide bonds. The van der Waals surface area contributed by atoms with Crippen molar-refractivity contribution in [1.29, 1.82) is 0 Å². The SMILES string of the molecule is CC1(C)CCC(CN2CCN(c3ccc(C(=O)NS(=O)(=O)c4ccc(NCC5CCCN(CCOCCC#Cc6ccc7c(c6)CN(C6CCC(=O)NC6=O)C7=O)C5)c([N+](=O)[O-])c4)c(Oc4cnc5[nH]ccc5c4)c3)CC2)=C(c2ccc(Cl)cc2)C1. The second kappa shape index (κ2) is 25.8. The number of aromatic nitrogens is 2. The van der Waals surface area contributed by atoms with E-state index >= 15 is 0 Å². The average Bonchev–Trinajstić information content (AvgIpc) is 2.01. The minimum absolute atomic E-state index is 0.0605. The molecule has 0 spiro atoms. The molecule has 20 nitrogen and oxygen atoms in total. The number of likely N-dealkylation sites (tertiary alicyclic amines) is 1. The number of allylic oxidation sites excluding steroid dienone is 1. The number of carbonyl (C=O) groups is 4. The van der Waals surface area contributed by atoms with Crippen LogP contribution in [-0.2, 0) is 30.9 Å². The van der Waals surface area contributed by atoms with Crippen LogP contribution in [0, 0.1) is 33.3 Å². The summed E-state index contributed by atoms with van der Waals surface area (Å²) in [4.78, 5) is 78.7. The number of nitrogens with zero attached hydrogens (tertiary/aromatic N) is 6. The van der Waals surface area contributed by atoms with Gasteiger partial charge in [0, 0.05) is 117 Å². The highest BCUT2D eigenvalue weighted by molar-refractivity contribution is 7.90. The van der Waals surface area contributed by atoms with Crippen LogP contribution in [-0.4, -0.2) is 140 Å². The quantitative estimate of drug-likeness (QED) is 0.0194. The Bertz CT molecular complexity index is 3810. The molecular formula is C64H69ClN10O10S. The van der Waals surface area contributed by atoms with E-state index in [1.165, 1.54) is 46.0 Å².